The Labute approximate surface area is 169 Å². The molecule has 0 atom stereocenters. The van der Waals surface area contributed by atoms with Crippen LogP contribution >= 0.6 is 0 Å². The molecule has 0 N–H and O–H groups in total. The van der Waals surface area contributed by atoms with E-state index in [-0.39, 0.29) is 48.0 Å². The maximum absolute atomic E-state index is 2.37. The van der Waals surface area contributed by atoms with Gasteiger partial charge in [-0.05, 0) is 19.3 Å². The molecule has 0 heterocycles. The van der Waals surface area contributed by atoms with Gasteiger partial charge >= 0.3 is 0 Å². The summed E-state index contributed by atoms with van der Waals surface area (Å²) in [6, 6.07) is 0. The van der Waals surface area contributed by atoms with Crippen molar-refractivity contribution in [3.63, 3.8) is 0 Å². The first kappa shape index (κ1) is 27.2. The molecule has 0 amide bonds. The Hall–Kier alpha value is 1.38. The van der Waals surface area contributed by atoms with Gasteiger partial charge in [0, 0.05) is 11.8 Å². The van der Waals surface area contributed by atoms with Crippen molar-refractivity contribution in [2.24, 2.45) is 11.8 Å². The molecule has 21 heavy (non-hydrogen) atoms. The molecule has 0 rings (SSSR count). The number of rotatable bonds is 10. The lowest BCUT2D eigenvalue weighted by atomic mass is 10.1. The third-order valence-corrected chi connectivity index (χ3v) is 3.75. The quantitative estimate of drug-likeness (QED) is 0.170. The number of quaternary nitrogens is 2. The molecule has 0 aliphatic heterocycles. The van der Waals surface area contributed by atoms with Crippen LogP contribution in [0.2, 0.25) is 0 Å². The summed E-state index contributed by atoms with van der Waals surface area (Å²) in [5.41, 5.74) is 0. The Bertz CT molecular complexity index is 215. The third kappa shape index (κ3) is 17.6. The fourth-order valence-electron chi connectivity index (χ4n) is 3.42. The molecule has 4 heteroatoms. The predicted octanol–water partition coefficient (Wildman–Crippen LogP) is -2.37. The average Bonchev–Trinajstić information content (AvgIpc) is 2.11. The van der Waals surface area contributed by atoms with Gasteiger partial charge in [0.15, 0.2) is 0 Å². The Kier molecular flexibility index (Phi) is 16.6. The molecular weight excluding hydrogens is 486 g/mol. The summed E-state index contributed by atoms with van der Waals surface area (Å²) in [4.78, 5) is 0. The summed E-state index contributed by atoms with van der Waals surface area (Å²) in [6.45, 7) is 14.6. The maximum Gasteiger partial charge on any atom is 0.0805 e. The van der Waals surface area contributed by atoms with Crippen molar-refractivity contribution in [3.05, 3.63) is 0 Å². The van der Waals surface area contributed by atoms with E-state index in [9.17, 15) is 0 Å². The summed E-state index contributed by atoms with van der Waals surface area (Å²) < 4.78 is 2.36. The molecule has 2 nitrogen and oxygen atoms in total. The largest absolute Gasteiger partial charge is 1.00 e. The van der Waals surface area contributed by atoms with E-state index in [1.807, 2.05) is 0 Å². The van der Waals surface area contributed by atoms with Crippen LogP contribution in [0.4, 0.5) is 0 Å². The van der Waals surface area contributed by atoms with Gasteiger partial charge in [-0.3, -0.25) is 0 Å². The fraction of sp³-hybridized carbons (Fsp3) is 1.00. The van der Waals surface area contributed by atoms with Crippen LogP contribution in [-0.2, 0) is 0 Å². The Morgan fingerprint density at radius 3 is 1.10 bits per heavy atom. The van der Waals surface area contributed by atoms with Gasteiger partial charge in [-0.2, -0.15) is 0 Å². The van der Waals surface area contributed by atoms with Crippen LogP contribution in [0, 0.1) is 11.8 Å². The number of hydrogen-bond acceptors (Lipinski definition) is 0. The predicted molar refractivity (Wildman–Crippen MR) is 87.2 cm³/mol. The smallest absolute Gasteiger partial charge is 0.0805 e. The minimum Gasteiger partial charge on any atom is -1.00 e. The van der Waals surface area contributed by atoms with Gasteiger partial charge in [0.25, 0.3) is 0 Å². The van der Waals surface area contributed by atoms with Crippen LogP contribution < -0.4 is 48.0 Å². The summed E-state index contributed by atoms with van der Waals surface area (Å²) in [5, 5.41) is 0. The van der Waals surface area contributed by atoms with E-state index in [0.29, 0.717) is 0 Å². The Morgan fingerprint density at radius 1 is 0.571 bits per heavy atom. The highest BCUT2D eigenvalue weighted by Crippen LogP contribution is 2.11. The van der Waals surface area contributed by atoms with E-state index in [0.717, 1.165) is 11.8 Å². The highest BCUT2D eigenvalue weighted by atomic mass is 127. The number of nitrogens with zero attached hydrogens (tertiary/aromatic N) is 2. The zero-order chi connectivity index (χ0) is 15.1. The minimum absolute atomic E-state index is 0. The standard InChI is InChI=1S/C17H40N2.2HI/c1-16(2)14-18(5,6)12-10-9-11-13-19(7,8)15-17(3)4;;/h16-17H,9-15H2,1-8H3;2*1H/q+2;;/p-2. The first-order chi connectivity index (χ1) is 8.54. The molecule has 0 spiro atoms. The van der Waals surface area contributed by atoms with Crippen molar-refractivity contribution in [3.8, 4) is 0 Å². The molecule has 0 aliphatic carbocycles. The van der Waals surface area contributed by atoms with Crippen molar-refractivity contribution in [1.82, 2.24) is 0 Å². The highest BCUT2D eigenvalue weighted by molar-refractivity contribution is 4.47. The van der Waals surface area contributed by atoms with E-state index in [4.69, 9.17) is 0 Å². The van der Waals surface area contributed by atoms with Crippen molar-refractivity contribution in [1.29, 1.82) is 0 Å². The summed E-state index contributed by atoms with van der Waals surface area (Å²) in [6.07, 6.45) is 4.14. The van der Waals surface area contributed by atoms with E-state index in [1.54, 1.807) is 0 Å². The van der Waals surface area contributed by atoms with E-state index < -0.39 is 0 Å². The lowest BCUT2D eigenvalue weighted by Crippen LogP contribution is -3.00. The van der Waals surface area contributed by atoms with Crippen LogP contribution in [0.1, 0.15) is 47.0 Å². The van der Waals surface area contributed by atoms with Crippen molar-refractivity contribution in [2.75, 3.05) is 54.4 Å². The van der Waals surface area contributed by atoms with E-state index >= 15 is 0 Å². The average molecular weight is 526 g/mol. The van der Waals surface area contributed by atoms with Crippen LogP contribution in [0.15, 0.2) is 0 Å². The molecule has 0 aromatic carbocycles. The molecule has 0 aliphatic rings. The molecule has 0 fully saturated rings. The van der Waals surface area contributed by atoms with Gasteiger partial charge in [-0.15, -0.1) is 0 Å². The van der Waals surface area contributed by atoms with E-state index in [2.05, 4.69) is 55.9 Å². The number of halogens is 2. The lowest BCUT2D eigenvalue weighted by molar-refractivity contribution is -0.895. The van der Waals surface area contributed by atoms with Crippen molar-refractivity contribution >= 4 is 0 Å². The second-order valence-electron chi connectivity index (χ2n) is 8.53. The zero-order valence-corrected chi connectivity index (χ0v) is 20.1. The molecule has 0 saturated heterocycles. The number of unbranched alkanes of at least 4 members (excludes halogenated alkanes) is 2. The molecule has 0 bridgehead atoms. The van der Waals surface area contributed by atoms with Crippen LogP contribution in [0.25, 0.3) is 0 Å². The Morgan fingerprint density at radius 2 is 0.857 bits per heavy atom. The fourth-order valence-corrected chi connectivity index (χ4v) is 3.42. The minimum atomic E-state index is 0. The molecule has 0 radical (unpaired) electrons. The van der Waals surface area contributed by atoms with Crippen LogP contribution in [0.3, 0.4) is 0 Å². The van der Waals surface area contributed by atoms with Crippen LogP contribution in [-0.4, -0.2) is 63.3 Å². The highest BCUT2D eigenvalue weighted by Gasteiger charge is 2.18. The van der Waals surface area contributed by atoms with Gasteiger partial charge < -0.3 is 56.9 Å². The normalized spacial score (nSPS) is 12.3. The van der Waals surface area contributed by atoms with E-state index in [1.165, 1.54) is 54.4 Å². The Balaban J connectivity index is -0.00000162. The van der Waals surface area contributed by atoms with Crippen molar-refractivity contribution < 1.29 is 56.9 Å². The molecule has 0 saturated carbocycles. The van der Waals surface area contributed by atoms with Gasteiger partial charge in [0.1, 0.15) is 0 Å². The molecule has 132 valence electrons. The summed E-state index contributed by atoms with van der Waals surface area (Å²) in [5.74, 6) is 1.60. The zero-order valence-electron chi connectivity index (χ0n) is 15.8. The molecule has 0 aromatic rings. The summed E-state index contributed by atoms with van der Waals surface area (Å²) >= 11 is 0. The summed E-state index contributed by atoms with van der Waals surface area (Å²) in [7, 11) is 9.50. The van der Waals surface area contributed by atoms with Gasteiger partial charge in [-0.1, -0.05) is 27.7 Å². The first-order valence-corrected chi connectivity index (χ1v) is 8.18. The maximum atomic E-state index is 2.37. The van der Waals surface area contributed by atoms with Gasteiger partial charge in [-0.25, -0.2) is 0 Å². The third-order valence-electron chi connectivity index (χ3n) is 3.75. The van der Waals surface area contributed by atoms with Gasteiger partial charge in [0.05, 0.1) is 54.4 Å². The molecular formula is C17H40I2N2. The van der Waals surface area contributed by atoms with Crippen LogP contribution in [0.5, 0.6) is 0 Å². The first-order valence-electron chi connectivity index (χ1n) is 8.18. The second-order valence-corrected chi connectivity index (χ2v) is 8.53. The monoisotopic (exact) mass is 526 g/mol. The second kappa shape index (κ2) is 12.8. The van der Waals surface area contributed by atoms with Gasteiger partial charge in [0.2, 0.25) is 0 Å². The lowest BCUT2D eigenvalue weighted by Gasteiger charge is -2.33. The van der Waals surface area contributed by atoms with Crippen molar-refractivity contribution in [2.45, 2.75) is 47.0 Å². The SMILES string of the molecule is CC(C)C[N+](C)(C)CCCCC[N+](C)(C)CC(C)C.[I-].[I-]. The molecule has 0 unspecified atom stereocenters. The topological polar surface area (TPSA) is 0 Å². The number of hydrogen-bond donors (Lipinski definition) is 0. The molecule has 0 aromatic heterocycles.